The second kappa shape index (κ2) is 6.64. The summed E-state index contributed by atoms with van der Waals surface area (Å²) in [5, 5.41) is 3.30. The Hall–Kier alpha value is -0.710. The summed E-state index contributed by atoms with van der Waals surface area (Å²) in [7, 11) is 2.01. The number of halogens is 1. The van der Waals surface area contributed by atoms with Crippen LogP contribution in [0.4, 0.5) is 0 Å². The molecule has 1 N–H and O–H groups in total. The van der Waals surface area contributed by atoms with Crippen molar-refractivity contribution in [1.82, 2.24) is 15.2 Å². The van der Waals surface area contributed by atoms with Crippen LogP contribution in [0.15, 0.2) is 35.5 Å². The molecule has 0 aromatic carbocycles. The van der Waals surface area contributed by atoms with E-state index in [1.54, 1.807) is 0 Å². The Balaban J connectivity index is 2.20. The molecule has 1 aromatic heterocycles. The van der Waals surface area contributed by atoms with E-state index in [4.69, 9.17) is 0 Å². The fraction of sp³-hybridized carbons (Fsp3) is 0.533. The summed E-state index contributed by atoms with van der Waals surface area (Å²) in [4.78, 5) is 7.12. The van der Waals surface area contributed by atoms with Gasteiger partial charge in [-0.3, -0.25) is 9.88 Å². The van der Waals surface area contributed by atoms with Crippen molar-refractivity contribution in [3.05, 3.63) is 41.2 Å². The van der Waals surface area contributed by atoms with Gasteiger partial charge >= 0.3 is 0 Å². The highest BCUT2D eigenvalue weighted by Crippen LogP contribution is 2.41. The number of rotatable bonds is 6. The molecule has 1 aliphatic rings. The zero-order chi connectivity index (χ0) is 13.8. The molecule has 0 bridgehead atoms. The number of nitrogens with zero attached hydrogens (tertiary/aromatic N) is 2. The van der Waals surface area contributed by atoms with Crippen molar-refractivity contribution in [1.29, 1.82) is 0 Å². The van der Waals surface area contributed by atoms with Gasteiger partial charge in [0.1, 0.15) is 0 Å². The van der Waals surface area contributed by atoms with Gasteiger partial charge in [0.05, 0.1) is 0 Å². The Bertz CT molecular complexity index is 418. The summed E-state index contributed by atoms with van der Waals surface area (Å²) in [5.74, 6) is 0.519. The Kier molecular flexibility index (Phi) is 5.13. The minimum Gasteiger partial charge on any atom is -0.318 e. The molecule has 19 heavy (non-hydrogen) atoms. The summed E-state index contributed by atoms with van der Waals surface area (Å²) < 4.78 is 1.04. The van der Waals surface area contributed by atoms with E-state index in [0.717, 1.165) is 24.0 Å². The number of pyridine rings is 1. The highest BCUT2D eigenvalue weighted by Gasteiger charge is 2.47. The van der Waals surface area contributed by atoms with Crippen LogP contribution >= 0.6 is 15.9 Å². The molecule has 104 valence electrons. The summed E-state index contributed by atoms with van der Waals surface area (Å²) in [6.45, 7) is 8.07. The molecule has 1 aromatic rings. The van der Waals surface area contributed by atoms with Crippen LogP contribution in [-0.2, 0) is 0 Å². The zero-order valence-corrected chi connectivity index (χ0v) is 13.2. The van der Waals surface area contributed by atoms with E-state index >= 15 is 0 Å². The van der Waals surface area contributed by atoms with Crippen LogP contribution in [0.5, 0.6) is 0 Å². The summed E-state index contributed by atoms with van der Waals surface area (Å²) in [5.41, 5.74) is 1.20. The van der Waals surface area contributed by atoms with Crippen LogP contribution in [0, 0.1) is 0 Å². The number of likely N-dealkylation sites (tertiary alicyclic amines) is 1. The van der Waals surface area contributed by atoms with Gasteiger partial charge in [-0.25, -0.2) is 0 Å². The van der Waals surface area contributed by atoms with Gasteiger partial charge in [0.15, 0.2) is 0 Å². The predicted octanol–water partition coefficient (Wildman–Crippen LogP) is 2.80. The third-order valence-electron chi connectivity index (χ3n) is 3.94. The SMILES string of the molecule is C=CCN1C(CNC)[C@@H](c2ccc(Br)cn2)[C@H]1CC. The topological polar surface area (TPSA) is 28.2 Å². The van der Waals surface area contributed by atoms with Gasteiger partial charge in [-0.1, -0.05) is 13.0 Å². The predicted molar refractivity (Wildman–Crippen MR) is 83.4 cm³/mol. The first-order chi connectivity index (χ1) is 9.22. The molecule has 1 saturated heterocycles. The van der Waals surface area contributed by atoms with E-state index < -0.39 is 0 Å². The lowest BCUT2D eigenvalue weighted by atomic mass is 9.75. The van der Waals surface area contributed by atoms with Crippen LogP contribution in [-0.4, -0.2) is 42.1 Å². The molecular formula is C15H22BrN3. The standard InChI is InChI=1S/C15H22BrN3/c1-4-8-19-13(5-2)15(14(19)10-17-3)12-7-6-11(16)9-18-12/h4,6-7,9,13-15,17H,1,5,8,10H2,2-3H3/t13-,14?,15+/m1/s1. The number of hydrogen-bond donors (Lipinski definition) is 1. The molecule has 0 spiro atoms. The molecule has 3 nitrogen and oxygen atoms in total. The number of likely N-dealkylation sites (N-methyl/N-ethyl adjacent to an activating group) is 1. The maximum absolute atomic E-state index is 4.60. The zero-order valence-electron chi connectivity index (χ0n) is 11.6. The van der Waals surface area contributed by atoms with Crippen LogP contribution < -0.4 is 5.32 Å². The monoisotopic (exact) mass is 323 g/mol. The number of hydrogen-bond acceptors (Lipinski definition) is 3. The van der Waals surface area contributed by atoms with Crippen molar-refractivity contribution in [3.8, 4) is 0 Å². The van der Waals surface area contributed by atoms with Crippen molar-refractivity contribution < 1.29 is 0 Å². The first kappa shape index (κ1) is 14.7. The van der Waals surface area contributed by atoms with Gasteiger partial charge in [-0.05, 0) is 41.5 Å². The van der Waals surface area contributed by atoms with Crippen LogP contribution in [0.3, 0.4) is 0 Å². The summed E-state index contributed by atoms with van der Waals surface area (Å²) in [6, 6.07) is 5.32. The normalized spacial score (nSPS) is 27.0. The lowest BCUT2D eigenvalue weighted by Crippen LogP contribution is -2.64. The molecule has 0 aliphatic carbocycles. The lowest BCUT2D eigenvalue weighted by Gasteiger charge is -2.55. The van der Waals surface area contributed by atoms with E-state index in [0.29, 0.717) is 18.0 Å². The van der Waals surface area contributed by atoms with E-state index in [-0.39, 0.29) is 0 Å². The summed E-state index contributed by atoms with van der Waals surface area (Å²) >= 11 is 3.45. The minimum atomic E-state index is 0.515. The minimum absolute atomic E-state index is 0.515. The van der Waals surface area contributed by atoms with Crippen LogP contribution in [0.1, 0.15) is 25.0 Å². The molecular weight excluding hydrogens is 302 g/mol. The van der Waals surface area contributed by atoms with Crippen molar-refractivity contribution in [3.63, 3.8) is 0 Å². The molecule has 0 saturated carbocycles. The summed E-state index contributed by atoms with van der Waals surface area (Å²) in [6.07, 6.45) is 5.04. The third-order valence-corrected chi connectivity index (χ3v) is 4.41. The largest absolute Gasteiger partial charge is 0.318 e. The first-order valence-corrected chi connectivity index (χ1v) is 7.64. The fourth-order valence-electron chi connectivity index (χ4n) is 3.15. The molecule has 1 fully saturated rings. The van der Waals surface area contributed by atoms with Gasteiger partial charge < -0.3 is 5.32 Å². The van der Waals surface area contributed by atoms with Crippen LogP contribution in [0.2, 0.25) is 0 Å². The second-order valence-corrected chi connectivity index (χ2v) is 5.93. The number of nitrogens with one attached hydrogen (secondary N) is 1. The molecule has 2 rings (SSSR count). The third kappa shape index (κ3) is 2.91. The van der Waals surface area contributed by atoms with Crippen molar-refractivity contribution in [2.24, 2.45) is 0 Å². The smallest absolute Gasteiger partial charge is 0.0467 e. The van der Waals surface area contributed by atoms with E-state index in [1.807, 2.05) is 19.3 Å². The maximum atomic E-state index is 4.60. The van der Waals surface area contributed by atoms with Gasteiger partial charge in [0.2, 0.25) is 0 Å². The van der Waals surface area contributed by atoms with E-state index in [1.165, 1.54) is 5.69 Å². The Morgan fingerprint density at radius 2 is 2.26 bits per heavy atom. The van der Waals surface area contributed by atoms with Crippen LogP contribution in [0.25, 0.3) is 0 Å². The molecule has 3 atom stereocenters. The highest BCUT2D eigenvalue weighted by molar-refractivity contribution is 9.10. The molecule has 1 unspecified atom stereocenters. The average molecular weight is 324 g/mol. The number of aromatic nitrogens is 1. The quantitative estimate of drug-likeness (QED) is 0.816. The van der Waals surface area contributed by atoms with Gasteiger partial charge in [-0.2, -0.15) is 0 Å². The van der Waals surface area contributed by atoms with Gasteiger partial charge in [0, 0.05) is 47.5 Å². The second-order valence-electron chi connectivity index (χ2n) is 5.01. The van der Waals surface area contributed by atoms with E-state index in [9.17, 15) is 0 Å². The fourth-order valence-corrected chi connectivity index (χ4v) is 3.39. The molecule has 1 aliphatic heterocycles. The van der Waals surface area contributed by atoms with Crippen molar-refractivity contribution >= 4 is 15.9 Å². The average Bonchev–Trinajstić information content (AvgIpc) is 2.41. The highest BCUT2D eigenvalue weighted by atomic mass is 79.9. The Morgan fingerprint density at radius 3 is 2.79 bits per heavy atom. The Labute approximate surface area is 124 Å². The molecule has 2 heterocycles. The lowest BCUT2D eigenvalue weighted by molar-refractivity contribution is -0.00625. The Morgan fingerprint density at radius 1 is 1.47 bits per heavy atom. The molecule has 0 amide bonds. The first-order valence-electron chi connectivity index (χ1n) is 6.85. The maximum Gasteiger partial charge on any atom is 0.0467 e. The van der Waals surface area contributed by atoms with Crippen molar-refractivity contribution in [2.75, 3.05) is 20.1 Å². The molecule has 4 heteroatoms. The van der Waals surface area contributed by atoms with Gasteiger partial charge in [-0.15, -0.1) is 6.58 Å². The van der Waals surface area contributed by atoms with E-state index in [2.05, 4.69) is 56.8 Å². The molecule has 0 radical (unpaired) electrons. The van der Waals surface area contributed by atoms with Crippen molar-refractivity contribution in [2.45, 2.75) is 31.3 Å². The van der Waals surface area contributed by atoms with Gasteiger partial charge in [0.25, 0.3) is 0 Å².